The van der Waals surface area contributed by atoms with Gasteiger partial charge in [-0.3, -0.25) is 0 Å². The van der Waals surface area contributed by atoms with E-state index >= 15 is 0 Å². The van der Waals surface area contributed by atoms with Gasteiger partial charge in [0.2, 0.25) is 0 Å². The van der Waals surface area contributed by atoms with Crippen LogP contribution in [0.2, 0.25) is 0 Å². The number of H-pyrrole nitrogens is 1. The topological polar surface area (TPSA) is 48.0 Å². The molecule has 0 aliphatic heterocycles. The first kappa shape index (κ1) is 15.8. The Morgan fingerprint density at radius 2 is 1.70 bits per heavy atom. The van der Waals surface area contributed by atoms with Crippen molar-refractivity contribution >= 4 is 10.9 Å². The van der Waals surface area contributed by atoms with Crippen LogP contribution in [0.1, 0.15) is 37.1 Å². The summed E-state index contributed by atoms with van der Waals surface area (Å²) in [6, 6.07) is 18.3. The maximum Gasteiger partial charge on any atom is 0.0914 e. The Hall–Kier alpha value is -2.10. The normalized spacial score (nSPS) is 14.3. The predicted molar refractivity (Wildman–Crippen MR) is 95.3 cm³/mol. The Bertz CT molecular complexity index is 748. The summed E-state index contributed by atoms with van der Waals surface area (Å²) in [5.41, 5.74) is 3.36. The first-order valence-electron chi connectivity index (χ1n) is 8.19. The van der Waals surface area contributed by atoms with Crippen LogP contribution >= 0.6 is 0 Å². The van der Waals surface area contributed by atoms with Crippen molar-refractivity contribution in [2.75, 3.05) is 6.54 Å². The van der Waals surface area contributed by atoms with Gasteiger partial charge in [0.15, 0.2) is 0 Å². The molecule has 0 amide bonds. The van der Waals surface area contributed by atoms with Crippen LogP contribution in [0.3, 0.4) is 0 Å². The van der Waals surface area contributed by atoms with Crippen molar-refractivity contribution in [3.8, 4) is 0 Å². The monoisotopic (exact) mass is 308 g/mol. The fourth-order valence-electron chi connectivity index (χ4n) is 3.09. The number of benzene rings is 2. The van der Waals surface area contributed by atoms with Crippen molar-refractivity contribution in [3.63, 3.8) is 0 Å². The average Bonchev–Trinajstić information content (AvgIpc) is 2.99. The van der Waals surface area contributed by atoms with Gasteiger partial charge in [0.05, 0.1) is 6.10 Å². The van der Waals surface area contributed by atoms with E-state index < -0.39 is 6.10 Å². The Morgan fingerprint density at radius 1 is 1.00 bits per heavy atom. The summed E-state index contributed by atoms with van der Waals surface area (Å²) in [6.07, 6.45) is 1.58. The minimum absolute atomic E-state index is 0.199. The number of hydrogen-bond donors (Lipinski definition) is 3. The second-order valence-corrected chi connectivity index (χ2v) is 6.35. The highest BCUT2D eigenvalue weighted by Gasteiger charge is 2.20. The van der Waals surface area contributed by atoms with E-state index in [0.29, 0.717) is 12.5 Å². The Morgan fingerprint density at radius 3 is 2.43 bits per heavy atom. The van der Waals surface area contributed by atoms with Gasteiger partial charge in [-0.05, 0) is 23.1 Å². The van der Waals surface area contributed by atoms with Crippen LogP contribution in [0.4, 0.5) is 0 Å². The van der Waals surface area contributed by atoms with E-state index in [2.05, 4.69) is 48.5 Å². The summed E-state index contributed by atoms with van der Waals surface area (Å²) in [6.45, 7) is 4.94. The quantitative estimate of drug-likeness (QED) is 0.639. The smallest absolute Gasteiger partial charge is 0.0914 e. The highest BCUT2D eigenvalue weighted by atomic mass is 16.3. The summed E-state index contributed by atoms with van der Waals surface area (Å²) in [7, 11) is 0. The van der Waals surface area contributed by atoms with Crippen LogP contribution in [0.5, 0.6) is 0 Å². The van der Waals surface area contributed by atoms with E-state index in [0.717, 1.165) is 11.1 Å². The molecule has 0 saturated carbocycles. The number of aromatic amines is 1. The molecule has 0 saturated heterocycles. The Labute approximate surface area is 137 Å². The SMILES string of the molecule is CC(C)C(NCC(O)c1ccccc1)c1c[nH]c2ccccc12. The first-order chi connectivity index (χ1) is 11.2. The third-order valence-corrected chi connectivity index (χ3v) is 4.34. The molecule has 3 nitrogen and oxygen atoms in total. The van der Waals surface area contributed by atoms with Crippen molar-refractivity contribution < 1.29 is 5.11 Å². The number of hydrogen-bond acceptors (Lipinski definition) is 2. The van der Waals surface area contributed by atoms with Crippen LogP contribution < -0.4 is 5.32 Å². The van der Waals surface area contributed by atoms with Gasteiger partial charge in [-0.1, -0.05) is 62.4 Å². The lowest BCUT2D eigenvalue weighted by Gasteiger charge is -2.24. The van der Waals surface area contributed by atoms with Crippen LogP contribution in [0.15, 0.2) is 60.8 Å². The summed E-state index contributed by atoms with van der Waals surface area (Å²) in [4.78, 5) is 3.34. The molecule has 3 heteroatoms. The zero-order valence-corrected chi connectivity index (χ0v) is 13.7. The van der Waals surface area contributed by atoms with Gasteiger partial charge < -0.3 is 15.4 Å². The van der Waals surface area contributed by atoms with Gasteiger partial charge in [0.1, 0.15) is 0 Å². The van der Waals surface area contributed by atoms with Crippen molar-refractivity contribution in [1.82, 2.24) is 10.3 Å². The Kier molecular flexibility index (Phi) is 4.79. The number of nitrogens with one attached hydrogen (secondary N) is 2. The molecule has 0 spiro atoms. The van der Waals surface area contributed by atoms with E-state index in [1.807, 2.05) is 36.4 Å². The van der Waals surface area contributed by atoms with Gasteiger partial charge >= 0.3 is 0 Å². The number of aliphatic hydroxyl groups is 1. The van der Waals surface area contributed by atoms with E-state index in [-0.39, 0.29) is 6.04 Å². The molecule has 3 aromatic rings. The van der Waals surface area contributed by atoms with Crippen LogP contribution in [0, 0.1) is 5.92 Å². The van der Waals surface area contributed by atoms with Crippen LogP contribution in [0.25, 0.3) is 10.9 Å². The molecule has 2 aromatic carbocycles. The van der Waals surface area contributed by atoms with Gasteiger partial charge in [-0.2, -0.15) is 0 Å². The maximum atomic E-state index is 10.4. The summed E-state index contributed by atoms with van der Waals surface area (Å²) >= 11 is 0. The fourth-order valence-corrected chi connectivity index (χ4v) is 3.09. The molecule has 2 atom stereocenters. The maximum absolute atomic E-state index is 10.4. The molecular formula is C20H24N2O. The van der Waals surface area contributed by atoms with Crippen LogP contribution in [-0.2, 0) is 0 Å². The van der Waals surface area contributed by atoms with Gasteiger partial charge in [-0.25, -0.2) is 0 Å². The molecule has 23 heavy (non-hydrogen) atoms. The molecule has 0 aliphatic carbocycles. The molecule has 3 rings (SSSR count). The molecule has 1 heterocycles. The van der Waals surface area contributed by atoms with Crippen molar-refractivity contribution in [2.24, 2.45) is 5.92 Å². The summed E-state index contributed by atoms with van der Waals surface area (Å²) < 4.78 is 0. The highest BCUT2D eigenvalue weighted by molar-refractivity contribution is 5.83. The summed E-state index contributed by atoms with van der Waals surface area (Å²) in [5, 5.41) is 15.2. The lowest BCUT2D eigenvalue weighted by molar-refractivity contribution is 0.166. The first-order valence-corrected chi connectivity index (χ1v) is 8.19. The lowest BCUT2D eigenvalue weighted by Crippen LogP contribution is -2.29. The van der Waals surface area contributed by atoms with Gasteiger partial charge in [-0.15, -0.1) is 0 Å². The molecule has 0 bridgehead atoms. The minimum Gasteiger partial charge on any atom is -0.387 e. The molecule has 3 N–H and O–H groups in total. The van der Waals surface area contributed by atoms with E-state index in [1.54, 1.807) is 0 Å². The predicted octanol–water partition coefficient (Wildman–Crippen LogP) is 4.19. The van der Waals surface area contributed by atoms with Crippen LogP contribution in [-0.4, -0.2) is 16.6 Å². The summed E-state index contributed by atoms with van der Waals surface area (Å²) in [5.74, 6) is 0.428. The van der Waals surface area contributed by atoms with E-state index in [1.165, 1.54) is 10.9 Å². The third kappa shape index (κ3) is 3.46. The number of aliphatic hydroxyl groups excluding tert-OH is 1. The number of para-hydroxylation sites is 1. The van der Waals surface area contributed by atoms with E-state index in [9.17, 15) is 5.11 Å². The van der Waals surface area contributed by atoms with Crippen molar-refractivity contribution in [3.05, 3.63) is 71.9 Å². The largest absolute Gasteiger partial charge is 0.387 e. The molecule has 1 aromatic heterocycles. The van der Waals surface area contributed by atoms with Gasteiger partial charge in [0, 0.05) is 29.7 Å². The average molecular weight is 308 g/mol. The zero-order valence-electron chi connectivity index (χ0n) is 13.7. The lowest BCUT2D eigenvalue weighted by atomic mass is 9.95. The molecule has 120 valence electrons. The van der Waals surface area contributed by atoms with Gasteiger partial charge in [0.25, 0.3) is 0 Å². The highest BCUT2D eigenvalue weighted by Crippen LogP contribution is 2.29. The molecular weight excluding hydrogens is 284 g/mol. The standard InChI is InChI=1S/C20H24N2O/c1-14(2)20(17-12-21-18-11-7-6-10-16(17)18)22-13-19(23)15-8-4-3-5-9-15/h3-12,14,19-23H,13H2,1-2H3. The second-order valence-electron chi connectivity index (χ2n) is 6.35. The number of aromatic nitrogens is 1. The minimum atomic E-state index is -0.498. The Balaban J connectivity index is 1.77. The second kappa shape index (κ2) is 6.99. The molecule has 0 radical (unpaired) electrons. The number of fused-ring (bicyclic) bond motifs is 1. The fraction of sp³-hybridized carbons (Fsp3) is 0.300. The van der Waals surface area contributed by atoms with E-state index in [4.69, 9.17) is 0 Å². The number of rotatable bonds is 6. The van der Waals surface area contributed by atoms with Crippen molar-refractivity contribution in [1.29, 1.82) is 0 Å². The molecule has 0 fully saturated rings. The molecule has 0 aliphatic rings. The third-order valence-electron chi connectivity index (χ3n) is 4.34. The zero-order chi connectivity index (χ0) is 16.2. The van der Waals surface area contributed by atoms with Crippen molar-refractivity contribution in [2.45, 2.75) is 26.0 Å². The molecule has 2 unspecified atom stereocenters.